The molecule has 0 aliphatic rings. The molecule has 2 heteroatoms. The molecule has 0 aromatic carbocycles. The van der Waals surface area contributed by atoms with Gasteiger partial charge in [-0.25, -0.2) is 0 Å². The van der Waals surface area contributed by atoms with Crippen molar-refractivity contribution in [2.45, 2.75) is 71.4 Å². The molecule has 0 aliphatic heterocycles. The molecule has 0 rings (SSSR count). The Kier molecular flexibility index (Phi) is 11.8. The zero-order valence-corrected chi connectivity index (χ0v) is 13.8. The van der Waals surface area contributed by atoms with Crippen molar-refractivity contribution in [2.24, 2.45) is 5.92 Å². The molecular weight excluding hydrogens is 302 g/mol. The second-order valence-electron chi connectivity index (χ2n) is 4.19. The fraction of sp³-hybridized carbons (Fsp3) is 1.00. The van der Waals surface area contributed by atoms with Crippen molar-refractivity contribution < 1.29 is 0 Å². The van der Waals surface area contributed by atoms with Crippen LogP contribution in [0, 0.1) is 5.92 Å². The highest BCUT2D eigenvalue weighted by molar-refractivity contribution is 14.0. The summed E-state index contributed by atoms with van der Waals surface area (Å²) < 4.78 is 0. The lowest BCUT2D eigenvalue weighted by Crippen LogP contribution is -2.29. The van der Waals surface area contributed by atoms with Gasteiger partial charge in [0.05, 0.1) is 0 Å². The average molecular weight is 330 g/mol. The normalized spacial score (nSPS) is 13.5. The minimum atomic E-state index is 0. The van der Waals surface area contributed by atoms with Crippen LogP contribution >= 0.6 is 33.2 Å². The fourth-order valence-corrected chi connectivity index (χ4v) is 2.58. The third kappa shape index (κ3) is 5.30. The first-order valence-corrected chi connectivity index (χ1v) is 6.51. The van der Waals surface area contributed by atoms with Gasteiger partial charge in [0.1, 0.15) is 0 Å². The number of hydrogen-bond acceptors (Lipinski definition) is 0. The van der Waals surface area contributed by atoms with Gasteiger partial charge in [0.15, 0.2) is 0 Å². The van der Waals surface area contributed by atoms with Crippen LogP contribution in [0.25, 0.3) is 0 Å². The van der Waals surface area contributed by atoms with E-state index in [1.165, 1.54) is 38.5 Å². The summed E-state index contributed by atoms with van der Waals surface area (Å²) in [5.74, 6) is 0.910. The van der Waals surface area contributed by atoms with Gasteiger partial charge in [0.2, 0.25) is 0 Å². The molecule has 0 heterocycles. The molecule has 0 aromatic rings. The van der Waals surface area contributed by atoms with Crippen LogP contribution in [-0.4, -0.2) is 5.16 Å². The topological polar surface area (TPSA) is 0 Å². The molecule has 0 aromatic heterocycles. The largest absolute Gasteiger partial charge is 0.131 e. The van der Waals surface area contributed by atoms with Gasteiger partial charge in [-0.05, 0) is 30.3 Å². The molecule has 0 aliphatic carbocycles. The molecule has 2 unspecified atom stereocenters. The van der Waals surface area contributed by atoms with Crippen LogP contribution in [0.3, 0.4) is 0 Å². The number of rotatable bonds is 7. The van der Waals surface area contributed by atoms with Crippen LogP contribution < -0.4 is 0 Å². The van der Waals surface area contributed by atoms with E-state index in [1.54, 1.807) is 0 Å². The SMILES string of the molecule is CCCCC(CC)C(P)(CC)CC.I. The second kappa shape index (κ2) is 9.39. The molecule has 0 radical (unpaired) electrons. The Morgan fingerprint density at radius 1 is 1.07 bits per heavy atom. The minimum Gasteiger partial charge on any atom is -0.131 e. The van der Waals surface area contributed by atoms with Gasteiger partial charge in [-0.1, -0.05) is 47.0 Å². The van der Waals surface area contributed by atoms with Gasteiger partial charge in [0.25, 0.3) is 0 Å². The minimum absolute atomic E-state index is 0. The van der Waals surface area contributed by atoms with E-state index in [2.05, 4.69) is 36.9 Å². The van der Waals surface area contributed by atoms with Crippen molar-refractivity contribution in [3.05, 3.63) is 0 Å². The standard InChI is InChI=1S/C12H27P.HI/c1-5-9-10-11(6-2)12(13,7-3)8-4;/h11H,5-10,13H2,1-4H3;1H. The maximum atomic E-state index is 3.12. The highest BCUT2D eigenvalue weighted by Gasteiger charge is 2.28. The van der Waals surface area contributed by atoms with Gasteiger partial charge in [0, 0.05) is 0 Å². The molecule has 0 saturated carbocycles. The van der Waals surface area contributed by atoms with Crippen molar-refractivity contribution >= 4 is 33.2 Å². The molecule has 0 nitrogen and oxygen atoms in total. The monoisotopic (exact) mass is 330 g/mol. The maximum Gasteiger partial charge on any atom is -0.0127 e. The smallest absolute Gasteiger partial charge is 0.0127 e. The lowest BCUT2D eigenvalue weighted by atomic mass is 9.81. The maximum absolute atomic E-state index is 3.12. The van der Waals surface area contributed by atoms with E-state index in [0.29, 0.717) is 5.16 Å². The summed E-state index contributed by atoms with van der Waals surface area (Å²) in [5, 5.41) is 0.518. The third-order valence-corrected chi connectivity index (χ3v) is 4.82. The van der Waals surface area contributed by atoms with E-state index < -0.39 is 0 Å². The Morgan fingerprint density at radius 3 is 1.86 bits per heavy atom. The Hall–Kier alpha value is 1.16. The van der Waals surface area contributed by atoms with Gasteiger partial charge in [-0.2, -0.15) is 0 Å². The van der Waals surface area contributed by atoms with E-state index in [9.17, 15) is 0 Å². The zero-order valence-electron chi connectivity index (χ0n) is 10.3. The fourth-order valence-electron chi connectivity index (χ4n) is 2.18. The van der Waals surface area contributed by atoms with Crippen molar-refractivity contribution in [3.63, 3.8) is 0 Å². The van der Waals surface area contributed by atoms with Crippen molar-refractivity contribution in [1.29, 1.82) is 0 Å². The molecule has 0 amide bonds. The van der Waals surface area contributed by atoms with Crippen LogP contribution in [0.4, 0.5) is 0 Å². The lowest BCUT2D eigenvalue weighted by molar-refractivity contribution is 0.316. The van der Waals surface area contributed by atoms with Gasteiger partial charge in [-0.3, -0.25) is 0 Å². The molecule has 0 N–H and O–H groups in total. The predicted molar refractivity (Wildman–Crippen MR) is 81.7 cm³/mol. The summed E-state index contributed by atoms with van der Waals surface area (Å²) >= 11 is 0. The first-order valence-electron chi connectivity index (χ1n) is 5.93. The van der Waals surface area contributed by atoms with E-state index in [-0.39, 0.29) is 24.0 Å². The zero-order chi connectivity index (χ0) is 10.3. The molecule has 0 spiro atoms. The lowest BCUT2D eigenvalue weighted by Gasteiger charge is -2.35. The summed E-state index contributed by atoms with van der Waals surface area (Å²) in [4.78, 5) is 0. The van der Waals surface area contributed by atoms with Crippen molar-refractivity contribution in [3.8, 4) is 0 Å². The van der Waals surface area contributed by atoms with Gasteiger partial charge in [-0.15, -0.1) is 33.2 Å². The Bertz CT molecular complexity index is 121. The first-order chi connectivity index (χ1) is 6.14. The molecule has 0 saturated heterocycles. The predicted octanol–water partition coefficient (Wildman–Crippen LogP) is 5.25. The molecule has 14 heavy (non-hydrogen) atoms. The van der Waals surface area contributed by atoms with E-state index >= 15 is 0 Å². The molecule has 0 fully saturated rings. The Labute approximate surface area is 110 Å². The quantitative estimate of drug-likeness (QED) is 0.441. The Balaban J connectivity index is 0. The van der Waals surface area contributed by atoms with E-state index in [1.807, 2.05) is 0 Å². The summed E-state index contributed by atoms with van der Waals surface area (Å²) in [6.07, 6.45) is 8.09. The molecule has 0 bridgehead atoms. The number of unbranched alkanes of at least 4 members (excludes halogenated alkanes) is 1. The van der Waals surface area contributed by atoms with E-state index in [4.69, 9.17) is 0 Å². The molecule has 2 atom stereocenters. The number of halogens is 1. The number of hydrogen-bond donors (Lipinski definition) is 0. The summed E-state index contributed by atoms with van der Waals surface area (Å²) in [6, 6.07) is 0. The molecular formula is C12H28IP. The van der Waals surface area contributed by atoms with Crippen LogP contribution in [0.5, 0.6) is 0 Å². The van der Waals surface area contributed by atoms with Crippen LogP contribution in [0.2, 0.25) is 0 Å². The summed E-state index contributed by atoms with van der Waals surface area (Å²) in [5.41, 5.74) is 0. The van der Waals surface area contributed by atoms with Gasteiger partial charge < -0.3 is 0 Å². The third-order valence-electron chi connectivity index (χ3n) is 3.53. The second-order valence-corrected chi connectivity index (χ2v) is 5.34. The van der Waals surface area contributed by atoms with Crippen molar-refractivity contribution in [2.75, 3.05) is 0 Å². The Morgan fingerprint density at radius 2 is 1.57 bits per heavy atom. The van der Waals surface area contributed by atoms with E-state index in [0.717, 1.165) is 5.92 Å². The summed E-state index contributed by atoms with van der Waals surface area (Å²) in [6.45, 7) is 9.27. The summed E-state index contributed by atoms with van der Waals surface area (Å²) in [7, 11) is 3.12. The molecule has 88 valence electrons. The van der Waals surface area contributed by atoms with Gasteiger partial charge >= 0.3 is 0 Å². The first kappa shape index (κ1) is 17.6. The highest BCUT2D eigenvalue weighted by atomic mass is 127. The van der Waals surface area contributed by atoms with Crippen LogP contribution in [-0.2, 0) is 0 Å². The highest BCUT2D eigenvalue weighted by Crippen LogP contribution is 2.39. The van der Waals surface area contributed by atoms with Crippen LogP contribution in [0.1, 0.15) is 66.2 Å². The average Bonchev–Trinajstić information content (AvgIpc) is 2.18. The van der Waals surface area contributed by atoms with Crippen molar-refractivity contribution in [1.82, 2.24) is 0 Å². The van der Waals surface area contributed by atoms with Crippen LogP contribution in [0.15, 0.2) is 0 Å².